The molecule has 1 aromatic heterocycles. The molecule has 1 amide bonds. The summed E-state index contributed by atoms with van der Waals surface area (Å²) in [5, 5.41) is 11.4. The highest BCUT2D eigenvalue weighted by Gasteiger charge is 2.10. The van der Waals surface area contributed by atoms with Crippen molar-refractivity contribution in [3.8, 4) is 11.3 Å². The fraction of sp³-hybridized carbons (Fsp3) is 0.0556. The van der Waals surface area contributed by atoms with E-state index in [1.54, 1.807) is 12.1 Å². The normalized spacial score (nSPS) is 10.9. The molecule has 0 fully saturated rings. The van der Waals surface area contributed by atoms with Crippen LogP contribution in [0.4, 0.5) is 0 Å². The maximum absolute atomic E-state index is 12.1. The van der Waals surface area contributed by atoms with Gasteiger partial charge in [0.05, 0.1) is 11.9 Å². The first-order chi connectivity index (χ1) is 11.6. The first-order valence-corrected chi connectivity index (χ1v) is 7.71. The van der Waals surface area contributed by atoms with Gasteiger partial charge in [-0.3, -0.25) is 9.89 Å². The highest BCUT2D eigenvalue weighted by molar-refractivity contribution is 6.33. The molecule has 0 aliphatic rings. The Morgan fingerprint density at radius 1 is 1.21 bits per heavy atom. The largest absolute Gasteiger partial charge is 0.289 e. The Morgan fingerprint density at radius 2 is 1.96 bits per heavy atom. The van der Waals surface area contributed by atoms with Gasteiger partial charge in [0.15, 0.2) is 0 Å². The van der Waals surface area contributed by atoms with Crippen LogP contribution in [0, 0.1) is 6.92 Å². The molecule has 1 heterocycles. The van der Waals surface area contributed by atoms with Gasteiger partial charge < -0.3 is 0 Å². The van der Waals surface area contributed by atoms with Crippen molar-refractivity contribution >= 4 is 23.7 Å². The number of aromatic amines is 1. The smallest absolute Gasteiger partial charge is 0.272 e. The second kappa shape index (κ2) is 7.10. The van der Waals surface area contributed by atoms with E-state index in [0.717, 1.165) is 11.1 Å². The number of carbonyl (C=O) groups is 1. The lowest BCUT2D eigenvalue weighted by atomic mass is 10.1. The van der Waals surface area contributed by atoms with Crippen LogP contribution in [0.1, 0.15) is 21.6 Å². The summed E-state index contributed by atoms with van der Waals surface area (Å²) in [6.45, 7) is 2.02. The Bertz CT molecular complexity index is 884. The van der Waals surface area contributed by atoms with Gasteiger partial charge in [0.1, 0.15) is 5.69 Å². The summed E-state index contributed by atoms with van der Waals surface area (Å²) in [5.74, 6) is -0.371. The Labute approximate surface area is 144 Å². The maximum atomic E-state index is 12.1. The summed E-state index contributed by atoms with van der Waals surface area (Å²) < 4.78 is 0. The SMILES string of the molecule is Cc1ccc(-c2cc(C(=O)NN=Cc3ccccc3Cl)[nH]n2)cc1. The summed E-state index contributed by atoms with van der Waals surface area (Å²) in [6.07, 6.45) is 1.50. The van der Waals surface area contributed by atoms with E-state index >= 15 is 0 Å². The molecule has 0 spiro atoms. The third-order valence-corrected chi connectivity index (χ3v) is 3.79. The summed E-state index contributed by atoms with van der Waals surface area (Å²) in [5.41, 5.74) is 6.32. The number of nitrogens with zero attached hydrogens (tertiary/aromatic N) is 2. The number of hydrogen-bond donors (Lipinski definition) is 2. The number of hydrogen-bond acceptors (Lipinski definition) is 3. The van der Waals surface area contributed by atoms with Crippen molar-refractivity contribution in [2.75, 3.05) is 0 Å². The van der Waals surface area contributed by atoms with Gasteiger partial charge in [0, 0.05) is 16.1 Å². The van der Waals surface area contributed by atoms with E-state index in [-0.39, 0.29) is 5.91 Å². The lowest BCUT2D eigenvalue weighted by molar-refractivity contribution is 0.0950. The molecule has 0 saturated carbocycles. The summed E-state index contributed by atoms with van der Waals surface area (Å²) in [7, 11) is 0. The Morgan fingerprint density at radius 3 is 2.71 bits per heavy atom. The quantitative estimate of drug-likeness (QED) is 0.561. The van der Waals surface area contributed by atoms with Crippen molar-refractivity contribution < 1.29 is 4.79 Å². The molecule has 2 aromatic carbocycles. The molecule has 3 aromatic rings. The molecule has 2 N–H and O–H groups in total. The monoisotopic (exact) mass is 338 g/mol. The second-order valence-corrected chi connectivity index (χ2v) is 5.66. The Hall–Kier alpha value is -2.92. The zero-order valence-corrected chi connectivity index (χ0v) is 13.7. The van der Waals surface area contributed by atoms with Crippen molar-refractivity contribution in [1.29, 1.82) is 0 Å². The summed E-state index contributed by atoms with van der Waals surface area (Å²) >= 11 is 6.02. The number of benzene rings is 2. The lowest BCUT2D eigenvalue weighted by Gasteiger charge is -1.98. The first kappa shape index (κ1) is 16.0. The molecule has 3 rings (SSSR count). The third-order valence-electron chi connectivity index (χ3n) is 3.44. The van der Waals surface area contributed by atoms with Crippen LogP contribution >= 0.6 is 11.6 Å². The molecule has 0 bridgehead atoms. The molecule has 6 heteroatoms. The van der Waals surface area contributed by atoms with Gasteiger partial charge in [-0.05, 0) is 19.1 Å². The van der Waals surface area contributed by atoms with Crippen molar-refractivity contribution in [3.05, 3.63) is 76.4 Å². The van der Waals surface area contributed by atoms with Crippen LogP contribution in [0.5, 0.6) is 0 Å². The standard InChI is InChI=1S/C18H15ClN4O/c1-12-6-8-13(9-7-12)16-10-17(22-21-16)18(24)23-20-11-14-4-2-3-5-15(14)19/h2-11H,1H3,(H,21,22)(H,23,24). The molecule has 5 nitrogen and oxygen atoms in total. The van der Waals surface area contributed by atoms with Crippen LogP contribution < -0.4 is 5.43 Å². The number of rotatable bonds is 4. The highest BCUT2D eigenvalue weighted by Crippen LogP contribution is 2.18. The number of amides is 1. The first-order valence-electron chi connectivity index (χ1n) is 7.34. The van der Waals surface area contributed by atoms with E-state index in [2.05, 4.69) is 20.7 Å². The Balaban J connectivity index is 1.68. The van der Waals surface area contributed by atoms with E-state index in [0.29, 0.717) is 16.4 Å². The van der Waals surface area contributed by atoms with Crippen LogP contribution in [0.3, 0.4) is 0 Å². The fourth-order valence-corrected chi connectivity index (χ4v) is 2.30. The van der Waals surface area contributed by atoms with Crippen molar-refractivity contribution in [2.24, 2.45) is 5.10 Å². The number of aromatic nitrogens is 2. The van der Waals surface area contributed by atoms with Gasteiger partial charge in [-0.1, -0.05) is 59.6 Å². The number of hydrazone groups is 1. The molecular weight excluding hydrogens is 324 g/mol. The minimum atomic E-state index is -0.371. The van der Waals surface area contributed by atoms with Gasteiger partial charge >= 0.3 is 0 Å². The average Bonchev–Trinajstić information content (AvgIpc) is 3.07. The van der Waals surface area contributed by atoms with Crippen molar-refractivity contribution in [2.45, 2.75) is 6.92 Å². The molecule has 24 heavy (non-hydrogen) atoms. The van der Waals surface area contributed by atoms with Crippen LogP contribution in [-0.4, -0.2) is 22.3 Å². The molecule has 0 aliphatic carbocycles. The highest BCUT2D eigenvalue weighted by atomic mass is 35.5. The minimum absolute atomic E-state index is 0.335. The fourth-order valence-electron chi connectivity index (χ4n) is 2.11. The van der Waals surface area contributed by atoms with Gasteiger partial charge in [-0.2, -0.15) is 10.2 Å². The molecule has 0 unspecified atom stereocenters. The lowest BCUT2D eigenvalue weighted by Crippen LogP contribution is -2.18. The summed E-state index contributed by atoms with van der Waals surface area (Å²) in [4.78, 5) is 12.1. The number of carbonyl (C=O) groups excluding carboxylic acids is 1. The van der Waals surface area contributed by atoms with Crippen LogP contribution in [0.2, 0.25) is 5.02 Å². The maximum Gasteiger partial charge on any atom is 0.289 e. The molecule has 120 valence electrons. The van der Waals surface area contributed by atoms with E-state index in [1.165, 1.54) is 11.8 Å². The average molecular weight is 339 g/mol. The number of aryl methyl sites for hydroxylation is 1. The molecule has 0 saturated heterocycles. The predicted molar refractivity (Wildman–Crippen MR) is 95.3 cm³/mol. The minimum Gasteiger partial charge on any atom is -0.272 e. The number of halogens is 1. The van der Waals surface area contributed by atoms with Crippen LogP contribution in [0.25, 0.3) is 11.3 Å². The van der Waals surface area contributed by atoms with Crippen molar-refractivity contribution in [3.63, 3.8) is 0 Å². The molecule has 0 radical (unpaired) electrons. The topological polar surface area (TPSA) is 70.1 Å². The number of nitrogens with one attached hydrogen (secondary N) is 2. The third kappa shape index (κ3) is 3.70. The van der Waals surface area contributed by atoms with E-state index in [4.69, 9.17) is 11.6 Å². The van der Waals surface area contributed by atoms with E-state index in [9.17, 15) is 4.79 Å². The zero-order chi connectivity index (χ0) is 16.9. The van der Waals surface area contributed by atoms with Crippen LogP contribution in [0.15, 0.2) is 59.7 Å². The van der Waals surface area contributed by atoms with Gasteiger partial charge in [0.2, 0.25) is 0 Å². The van der Waals surface area contributed by atoms with E-state index in [1.807, 2.05) is 49.4 Å². The second-order valence-electron chi connectivity index (χ2n) is 5.25. The van der Waals surface area contributed by atoms with Crippen molar-refractivity contribution in [1.82, 2.24) is 15.6 Å². The number of H-pyrrole nitrogens is 1. The van der Waals surface area contributed by atoms with E-state index < -0.39 is 0 Å². The molecule has 0 atom stereocenters. The van der Waals surface area contributed by atoms with Gasteiger partial charge in [-0.15, -0.1) is 0 Å². The predicted octanol–water partition coefficient (Wildman–Crippen LogP) is 3.80. The molecule has 0 aliphatic heterocycles. The molecular formula is C18H15ClN4O. The van der Waals surface area contributed by atoms with Gasteiger partial charge in [-0.25, -0.2) is 5.43 Å². The zero-order valence-electron chi connectivity index (χ0n) is 13.0. The van der Waals surface area contributed by atoms with Gasteiger partial charge in [0.25, 0.3) is 5.91 Å². The summed E-state index contributed by atoms with van der Waals surface area (Å²) in [6, 6.07) is 16.8. The Kier molecular flexibility index (Phi) is 4.72. The van der Waals surface area contributed by atoms with Crippen LogP contribution in [-0.2, 0) is 0 Å².